The van der Waals surface area contributed by atoms with E-state index in [1.54, 1.807) is 0 Å². The standard InChI is InChI=1S/C12H24N2O/c1-2-14(10-5-3-4-6-10)12-9-15-8-7-11(12)13/h10-12H,2-9,13H2,1H3. The zero-order chi connectivity index (χ0) is 10.7. The van der Waals surface area contributed by atoms with Crippen molar-refractivity contribution in [1.82, 2.24) is 4.90 Å². The molecular formula is C12H24N2O. The molecule has 1 heterocycles. The first-order chi connectivity index (χ1) is 7.33. The second kappa shape index (κ2) is 5.28. The molecule has 3 heteroatoms. The van der Waals surface area contributed by atoms with Crippen molar-refractivity contribution in [2.24, 2.45) is 5.73 Å². The van der Waals surface area contributed by atoms with Crippen molar-refractivity contribution in [2.75, 3.05) is 19.8 Å². The third kappa shape index (κ3) is 2.52. The minimum atomic E-state index is 0.319. The lowest BCUT2D eigenvalue weighted by molar-refractivity contribution is -0.00825. The number of nitrogens with zero attached hydrogens (tertiary/aromatic N) is 1. The van der Waals surface area contributed by atoms with Crippen LogP contribution in [0.2, 0.25) is 0 Å². The summed E-state index contributed by atoms with van der Waals surface area (Å²) in [6.07, 6.45) is 6.52. The minimum absolute atomic E-state index is 0.319. The van der Waals surface area contributed by atoms with Gasteiger partial charge in [-0.1, -0.05) is 19.8 Å². The quantitative estimate of drug-likeness (QED) is 0.768. The lowest BCUT2D eigenvalue weighted by atomic mass is 10.0. The Hall–Kier alpha value is -0.120. The highest BCUT2D eigenvalue weighted by Crippen LogP contribution is 2.26. The first-order valence-electron chi connectivity index (χ1n) is 6.42. The molecule has 1 aliphatic carbocycles. The monoisotopic (exact) mass is 212 g/mol. The van der Waals surface area contributed by atoms with Crippen LogP contribution >= 0.6 is 0 Å². The average Bonchev–Trinajstić information content (AvgIpc) is 2.75. The fraction of sp³-hybridized carbons (Fsp3) is 1.00. The van der Waals surface area contributed by atoms with E-state index >= 15 is 0 Å². The molecule has 0 spiro atoms. The molecule has 2 fully saturated rings. The van der Waals surface area contributed by atoms with Crippen molar-refractivity contribution < 1.29 is 4.74 Å². The third-order valence-corrected chi connectivity index (χ3v) is 3.96. The second-order valence-corrected chi connectivity index (χ2v) is 4.86. The number of likely N-dealkylation sites (N-methyl/N-ethyl adjacent to an activating group) is 1. The van der Waals surface area contributed by atoms with Crippen LogP contribution in [0.3, 0.4) is 0 Å². The molecule has 3 nitrogen and oxygen atoms in total. The Labute approximate surface area is 93.0 Å². The molecule has 2 atom stereocenters. The molecule has 2 aliphatic rings. The maximum absolute atomic E-state index is 6.20. The Morgan fingerprint density at radius 3 is 2.60 bits per heavy atom. The van der Waals surface area contributed by atoms with Gasteiger partial charge in [0.2, 0.25) is 0 Å². The molecule has 0 radical (unpaired) electrons. The Kier molecular flexibility index (Phi) is 4.00. The number of hydrogen-bond donors (Lipinski definition) is 1. The highest BCUT2D eigenvalue weighted by atomic mass is 16.5. The molecule has 2 rings (SSSR count). The Balaban J connectivity index is 1.97. The van der Waals surface area contributed by atoms with Gasteiger partial charge in [0.05, 0.1) is 6.61 Å². The molecular weight excluding hydrogens is 188 g/mol. The van der Waals surface area contributed by atoms with Gasteiger partial charge in [0.25, 0.3) is 0 Å². The SMILES string of the molecule is CCN(C1CCCC1)C1COCCC1N. The van der Waals surface area contributed by atoms with E-state index in [2.05, 4.69) is 11.8 Å². The first kappa shape index (κ1) is 11.4. The van der Waals surface area contributed by atoms with Crippen LogP contribution < -0.4 is 5.73 Å². The molecule has 2 unspecified atom stereocenters. The first-order valence-corrected chi connectivity index (χ1v) is 6.42. The van der Waals surface area contributed by atoms with Crippen LogP contribution in [0.1, 0.15) is 39.0 Å². The van der Waals surface area contributed by atoms with E-state index in [9.17, 15) is 0 Å². The van der Waals surface area contributed by atoms with Crippen LogP contribution in [0, 0.1) is 0 Å². The van der Waals surface area contributed by atoms with Gasteiger partial charge < -0.3 is 10.5 Å². The van der Waals surface area contributed by atoms with Crippen molar-refractivity contribution in [3.05, 3.63) is 0 Å². The van der Waals surface area contributed by atoms with Gasteiger partial charge in [-0.3, -0.25) is 4.90 Å². The Bertz CT molecular complexity index is 192. The van der Waals surface area contributed by atoms with E-state index in [1.165, 1.54) is 25.7 Å². The van der Waals surface area contributed by atoms with E-state index in [-0.39, 0.29) is 0 Å². The fourth-order valence-corrected chi connectivity index (χ4v) is 3.08. The molecule has 1 saturated heterocycles. The van der Waals surface area contributed by atoms with E-state index in [4.69, 9.17) is 10.5 Å². The highest BCUT2D eigenvalue weighted by Gasteiger charge is 2.32. The lowest BCUT2D eigenvalue weighted by Crippen LogP contribution is -2.56. The zero-order valence-electron chi connectivity index (χ0n) is 9.82. The fourth-order valence-electron chi connectivity index (χ4n) is 3.08. The van der Waals surface area contributed by atoms with Crippen LogP contribution in [0.4, 0.5) is 0 Å². The van der Waals surface area contributed by atoms with Gasteiger partial charge in [0.1, 0.15) is 0 Å². The number of ether oxygens (including phenoxy) is 1. The van der Waals surface area contributed by atoms with E-state index in [0.29, 0.717) is 12.1 Å². The molecule has 0 aromatic heterocycles. The van der Waals surface area contributed by atoms with Crippen molar-refractivity contribution in [3.63, 3.8) is 0 Å². The van der Waals surface area contributed by atoms with Crippen LogP contribution in [0.15, 0.2) is 0 Å². The topological polar surface area (TPSA) is 38.5 Å². The molecule has 15 heavy (non-hydrogen) atoms. The predicted molar refractivity (Wildman–Crippen MR) is 61.8 cm³/mol. The summed E-state index contributed by atoms with van der Waals surface area (Å²) in [4.78, 5) is 2.59. The van der Waals surface area contributed by atoms with Gasteiger partial charge in [-0.2, -0.15) is 0 Å². The highest BCUT2D eigenvalue weighted by molar-refractivity contribution is 4.89. The van der Waals surface area contributed by atoms with Crippen LogP contribution in [-0.2, 0) is 4.74 Å². The second-order valence-electron chi connectivity index (χ2n) is 4.86. The van der Waals surface area contributed by atoms with E-state index < -0.39 is 0 Å². The Morgan fingerprint density at radius 1 is 1.27 bits per heavy atom. The molecule has 0 aromatic rings. The van der Waals surface area contributed by atoms with Crippen molar-refractivity contribution in [2.45, 2.75) is 57.2 Å². The maximum atomic E-state index is 6.20. The molecule has 1 saturated carbocycles. The van der Waals surface area contributed by atoms with Gasteiger partial charge in [-0.05, 0) is 25.8 Å². The van der Waals surface area contributed by atoms with Gasteiger partial charge in [0.15, 0.2) is 0 Å². The Morgan fingerprint density at radius 2 is 2.00 bits per heavy atom. The van der Waals surface area contributed by atoms with Crippen LogP contribution in [-0.4, -0.2) is 42.8 Å². The summed E-state index contributed by atoms with van der Waals surface area (Å²) in [5.41, 5.74) is 6.20. The molecule has 1 aliphatic heterocycles. The predicted octanol–water partition coefficient (Wildman–Crippen LogP) is 1.37. The number of nitrogens with two attached hydrogens (primary N) is 1. The summed E-state index contributed by atoms with van der Waals surface area (Å²) in [6, 6.07) is 1.55. The number of rotatable bonds is 3. The smallest absolute Gasteiger partial charge is 0.0637 e. The maximum Gasteiger partial charge on any atom is 0.0637 e. The van der Waals surface area contributed by atoms with Gasteiger partial charge in [-0.15, -0.1) is 0 Å². The van der Waals surface area contributed by atoms with Crippen LogP contribution in [0.25, 0.3) is 0 Å². The number of hydrogen-bond acceptors (Lipinski definition) is 3. The van der Waals surface area contributed by atoms with Gasteiger partial charge in [0, 0.05) is 24.7 Å². The van der Waals surface area contributed by atoms with Gasteiger partial charge in [-0.25, -0.2) is 0 Å². The van der Waals surface area contributed by atoms with E-state index in [0.717, 1.165) is 32.2 Å². The molecule has 2 N–H and O–H groups in total. The van der Waals surface area contributed by atoms with E-state index in [1.807, 2.05) is 0 Å². The average molecular weight is 212 g/mol. The molecule has 88 valence electrons. The zero-order valence-corrected chi connectivity index (χ0v) is 9.82. The third-order valence-electron chi connectivity index (χ3n) is 3.96. The summed E-state index contributed by atoms with van der Waals surface area (Å²) in [6.45, 7) is 5.05. The largest absolute Gasteiger partial charge is 0.380 e. The van der Waals surface area contributed by atoms with Crippen molar-refractivity contribution >= 4 is 0 Å². The summed E-state index contributed by atoms with van der Waals surface area (Å²) in [5, 5.41) is 0. The molecule has 0 bridgehead atoms. The summed E-state index contributed by atoms with van der Waals surface area (Å²) in [7, 11) is 0. The summed E-state index contributed by atoms with van der Waals surface area (Å²) in [5.74, 6) is 0. The summed E-state index contributed by atoms with van der Waals surface area (Å²) < 4.78 is 5.57. The molecule has 0 aromatic carbocycles. The lowest BCUT2D eigenvalue weighted by Gasteiger charge is -2.41. The normalized spacial score (nSPS) is 33.8. The van der Waals surface area contributed by atoms with Crippen LogP contribution in [0.5, 0.6) is 0 Å². The van der Waals surface area contributed by atoms with Gasteiger partial charge >= 0.3 is 0 Å². The molecule has 0 amide bonds. The van der Waals surface area contributed by atoms with Crippen molar-refractivity contribution in [1.29, 1.82) is 0 Å². The minimum Gasteiger partial charge on any atom is -0.380 e. The summed E-state index contributed by atoms with van der Waals surface area (Å²) >= 11 is 0. The van der Waals surface area contributed by atoms with Crippen molar-refractivity contribution in [3.8, 4) is 0 Å².